The highest BCUT2D eigenvalue weighted by Crippen LogP contribution is 2.25. The third-order valence-corrected chi connectivity index (χ3v) is 5.35. The van der Waals surface area contributed by atoms with Crippen molar-refractivity contribution in [2.75, 3.05) is 5.32 Å². The quantitative estimate of drug-likeness (QED) is 0.306. The van der Waals surface area contributed by atoms with Crippen LogP contribution in [0.15, 0.2) is 84.6 Å². The Morgan fingerprint density at radius 1 is 1.10 bits per heavy atom. The van der Waals surface area contributed by atoms with Gasteiger partial charge in [-0.2, -0.15) is 5.26 Å². The van der Waals surface area contributed by atoms with E-state index in [0.29, 0.717) is 17.3 Å². The summed E-state index contributed by atoms with van der Waals surface area (Å²) < 4.78 is 2.10. The lowest BCUT2D eigenvalue weighted by Gasteiger charge is -2.07. The van der Waals surface area contributed by atoms with Crippen LogP contribution in [0, 0.1) is 18.3 Å². The van der Waals surface area contributed by atoms with Gasteiger partial charge in [0.1, 0.15) is 11.6 Å². The molecule has 152 valence electrons. The van der Waals surface area contributed by atoms with Crippen LogP contribution in [-0.4, -0.2) is 10.5 Å². The molecule has 0 radical (unpaired) electrons. The SMILES string of the molecule is Cc1ccccc1NC(=O)/C(C#N)=C/c1cn(Cc2cccc(Cl)c2)c2ccccc12. The van der Waals surface area contributed by atoms with Gasteiger partial charge < -0.3 is 9.88 Å². The van der Waals surface area contributed by atoms with E-state index in [1.807, 2.05) is 92.0 Å². The first-order chi connectivity index (χ1) is 15.0. The van der Waals surface area contributed by atoms with Crippen LogP contribution in [0.2, 0.25) is 5.02 Å². The van der Waals surface area contributed by atoms with E-state index in [1.165, 1.54) is 0 Å². The minimum Gasteiger partial charge on any atom is -0.342 e. The lowest BCUT2D eigenvalue weighted by Crippen LogP contribution is -2.14. The van der Waals surface area contributed by atoms with Crippen molar-refractivity contribution in [3.8, 4) is 6.07 Å². The standard InChI is InChI=1S/C26H20ClN3O/c1-18-7-2-4-11-24(18)29-26(31)20(15-28)14-21-17-30(25-12-5-3-10-23(21)25)16-19-8-6-9-22(27)13-19/h2-14,17H,16H2,1H3,(H,29,31)/b20-14+. The summed E-state index contributed by atoms with van der Waals surface area (Å²) in [5, 5.41) is 14.1. The summed E-state index contributed by atoms with van der Waals surface area (Å²) in [6.07, 6.45) is 3.61. The van der Waals surface area contributed by atoms with Gasteiger partial charge in [-0.15, -0.1) is 0 Å². The van der Waals surface area contributed by atoms with Crippen LogP contribution in [0.25, 0.3) is 17.0 Å². The van der Waals surface area contributed by atoms with E-state index in [0.717, 1.165) is 27.6 Å². The lowest BCUT2D eigenvalue weighted by molar-refractivity contribution is -0.112. The minimum absolute atomic E-state index is 0.0499. The van der Waals surface area contributed by atoms with Gasteiger partial charge in [-0.25, -0.2) is 0 Å². The van der Waals surface area contributed by atoms with E-state index < -0.39 is 5.91 Å². The Morgan fingerprint density at radius 3 is 2.65 bits per heavy atom. The van der Waals surface area contributed by atoms with Gasteiger partial charge in [0, 0.05) is 39.9 Å². The number of halogens is 1. The average Bonchev–Trinajstić information content (AvgIpc) is 3.11. The second-order valence-corrected chi connectivity index (χ2v) is 7.73. The van der Waals surface area contributed by atoms with Gasteiger partial charge in [-0.3, -0.25) is 4.79 Å². The Balaban J connectivity index is 1.69. The fourth-order valence-corrected chi connectivity index (χ4v) is 3.77. The molecule has 0 atom stereocenters. The Bertz CT molecular complexity index is 1340. The smallest absolute Gasteiger partial charge is 0.266 e. The molecule has 0 aliphatic carbocycles. The number of nitrogens with zero attached hydrogens (tertiary/aromatic N) is 2. The number of nitrogens with one attached hydrogen (secondary N) is 1. The highest BCUT2D eigenvalue weighted by Gasteiger charge is 2.13. The minimum atomic E-state index is -0.427. The van der Waals surface area contributed by atoms with Crippen molar-refractivity contribution >= 4 is 40.2 Å². The lowest BCUT2D eigenvalue weighted by atomic mass is 10.1. The van der Waals surface area contributed by atoms with Crippen molar-refractivity contribution in [1.82, 2.24) is 4.57 Å². The first-order valence-electron chi connectivity index (χ1n) is 9.86. The van der Waals surface area contributed by atoms with Crippen molar-refractivity contribution in [3.05, 3.63) is 106 Å². The fourth-order valence-electron chi connectivity index (χ4n) is 3.56. The molecular weight excluding hydrogens is 406 g/mol. The van der Waals surface area contributed by atoms with Crippen molar-refractivity contribution in [1.29, 1.82) is 5.26 Å². The molecule has 31 heavy (non-hydrogen) atoms. The van der Waals surface area contributed by atoms with Gasteiger partial charge >= 0.3 is 0 Å². The molecule has 0 spiro atoms. The molecular formula is C26H20ClN3O. The molecule has 0 aliphatic heterocycles. The third kappa shape index (κ3) is 4.53. The van der Waals surface area contributed by atoms with E-state index in [2.05, 4.69) is 9.88 Å². The number of aryl methyl sites for hydroxylation is 1. The second kappa shape index (κ2) is 8.91. The molecule has 1 amide bonds. The predicted octanol–water partition coefficient (Wildman–Crippen LogP) is 6.20. The molecule has 0 unspecified atom stereocenters. The summed E-state index contributed by atoms with van der Waals surface area (Å²) >= 11 is 6.14. The molecule has 0 aliphatic rings. The number of carbonyl (C=O) groups is 1. The van der Waals surface area contributed by atoms with Crippen LogP contribution in [0.4, 0.5) is 5.69 Å². The highest BCUT2D eigenvalue weighted by atomic mass is 35.5. The molecule has 1 aromatic heterocycles. The van der Waals surface area contributed by atoms with Crippen LogP contribution < -0.4 is 5.32 Å². The van der Waals surface area contributed by atoms with Crippen LogP contribution in [0.3, 0.4) is 0 Å². The van der Waals surface area contributed by atoms with Crippen LogP contribution in [0.1, 0.15) is 16.7 Å². The third-order valence-electron chi connectivity index (χ3n) is 5.12. The number of para-hydroxylation sites is 2. The first kappa shape index (κ1) is 20.5. The predicted molar refractivity (Wildman–Crippen MR) is 126 cm³/mol. The van der Waals surface area contributed by atoms with Crippen LogP contribution >= 0.6 is 11.6 Å². The Kier molecular flexibility index (Phi) is 5.88. The number of hydrogen-bond acceptors (Lipinski definition) is 2. The maximum atomic E-state index is 12.7. The first-order valence-corrected chi connectivity index (χ1v) is 10.2. The number of carbonyl (C=O) groups excluding carboxylic acids is 1. The average molecular weight is 426 g/mol. The molecule has 0 bridgehead atoms. The maximum absolute atomic E-state index is 12.7. The number of hydrogen-bond donors (Lipinski definition) is 1. The highest BCUT2D eigenvalue weighted by molar-refractivity contribution is 6.30. The second-order valence-electron chi connectivity index (χ2n) is 7.30. The van der Waals surface area contributed by atoms with E-state index in [-0.39, 0.29) is 5.57 Å². The van der Waals surface area contributed by atoms with Crippen LogP contribution in [-0.2, 0) is 11.3 Å². The molecule has 1 heterocycles. The number of fused-ring (bicyclic) bond motifs is 1. The largest absolute Gasteiger partial charge is 0.342 e. The molecule has 4 nitrogen and oxygen atoms in total. The molecule has 4 rings (SSSR count). The monoisotopic (exact) mass is 425 g/mol. The Hall–Kier alpha value is -3.81. The van der Waals surface area contributed by atoms with Crippen molar-refractivity contribution in [2.24, 2.45) is 0 Å². The molecule has 4 aromatic rings. The topological polar surface area (TPSA) is 57.8 Å². The van der Waals surface area contributed by atoms with Gasteiger partial charge in [0.2, 0.25) is 0 Å². The van der Waals surface area contributed by atoms with Gasteiger partial charge in [0.25, 0.3) is 5.91 Å². The summed E-state index contributed by atoms with van der Waals surface area (Å²) in [7, 11) is 0. The normalized spacial score (nSPS) is 11.3. The maximum Gasteiger partial charge on any atom is 0.266 e. The molecule has 5 heteroatoms. The Morgan fingerprint density at radius 2 is 1.87 bits per heavy atom. The van der Waals surface area contributed by atoms with E-state index in [4.69, 9.17) is 11.6 Å². The van der Waals surface area contributed by atoms with Gasteiger partial charge in [0.05, 0.1) is 0 Å². The zero-order valence-electron chi connectivity index (χ0n) is 17.0. The van der Waals surface area contributed by atoms with Gasteiger partial charge in [-0.1, -0.05) is 60.1 Å². The number of aromatic nitrogens is 1. The molecule has 0 fully saturated rings. The number of amides is 1. The Labute approximate surface area is 186 Å². The van der Waals surface area contributed by atoms with Crippen molar-refractivity contribution < 1.29 is 4.79 Å². The van der Waals surface area contributed by atoms with E-state index >= 15 is 0 Å². The summed E-state index contributed by atoms with van der Waals surface area (Å²) in [6.45, 7) is 2.54. The molecule has 0 saturated carbocycles. The molecule has 0 saturated heterocycles. The number of rotatable bonds is 5. The van der Waals surface area contributed by atoms with Gasteiger partial charge in [0.15, 0.2) is 0 Å². The molecule has 3 aromatic carbocycles. The summed E-state index contributed by atoms with van der Waals surface area (Å²) in [4.78, 5) is 12.7. The molecule has 1 N–H and O–H groups in total. The summed E-state index contributed by atoms with van der Waals surface area (Å²) in [5.74, 6) is -0.427. The van der Waals surface area contributed by atoms with E-state index in [1.54, 1.807) is 6.08 Å². The van der Waals surface area contributed by atoms with Crippen LogP contribution in [0.5, 0.6) is 0 Å². The van der Waals surface area contributed by atoms with E-state index in [9.17, 15) is 10.1 Å². The van der Waals surface area contributed by atoms with Gasteiger partial charge in [-0.05, 0) is 48.4 Å². The summed E-state index contributed by atoms with van der Waals surface area (Å²) in [5.41, 5.74) is 4.58. The zero-order chi connectivity index (χ0) is 21.8. The number of benzene rings is 3. The fraction of sp³-hybridized carbons (Fsp3) is 0.0769. The van der Waals surface area contributed by atoms with Crippen molar-refractivity contribution in [3.63, 3.8) is 0 Å². The number of nitriles is 1. The number of anilines is 1. The van der Waals surface area contributed by atoms with Crippen molar-refractivity contribution in [2.45, 2.75) is 13.5 Å². The zero-order valence-corrected chi connectivity index (χ0v) is 17.7. The summed E-state index contributed by atoms with van der Waals surface area (Å²) in [6, 6.07) is 25.2.